The summed E-state index contributed by atoms with van der Waals surface area (Å²) in [6, 6.07) is 22.7. The smallest absolute Gasteiger partial charge is 0.389 e. The number of hydrogen-bond donors (Lipinski definition) is 4. The Labute approximate surface area is 432 Å². The van der Waals surface area contributed by atoms with Gasteiger partial charge in [-0.2, -0.15) is 26.3 Å². The number of carboxylic acids is 2. The van der Waals surface area contributed by atoms with Crippen LogP contribution < -0.4 is 10.6 Å². The molecule has 0 spiro atoms. The van der Waals surface area contributed by atoms with Gasteiger partial charge in [0.15, 0.2) is 23.9 Å². The average molecular weight is 1070 g/mol. The van der Waals surface area contributed by atoms with E-state index in [9.17, 15) is 74.1 Å². The van der Waals surface area contributed by atoms with E-state index in [0.717, 1.165) is 36.8 Å². The lowest BCUT2D eigenvalue weighted by molar-refractivity contribution is -0.154. The fourth-order valence-electron chi connectivity index (χ4n) is 9.56. The van der Waals surface area contributed by atoms with Crippen molar-refractivity contribution in [2.45, 2.75) is 116 Å². The van der Waals surface area contributed by atoms with Gasteiger partial charge in [0.1, 0.15) is 11.6 Å². The summed E-state index contributed by atoms with van der Waals surface area (Å²) in [4.78, 5) is 85.8. The minimum absolute atomic E-state index is 0.0421. The van der Waals surface area contributed by atoms with Gasteiger partial charge in [-0.05, 0) is 63.5 Å². The number of halogens is 8. The Balaban J connectivity index is 0.000000221. The van der Waals surface area contributed by atoms with Crippen LogP contribution in [0.3, 0.4) is 0 Å². The highest BCUT2D eigenvalue weighted by Crippen LogP contribution is 2.41. The van der Waals surface area contributed by atoms with Crippen molar-refractivity contribution in [1.82, 2.24) is 10.6 Å². The highest BCUT2D eigenvalue weighted by Gasteiger charge is 2.44. The van der Waals surface area contributed by atoms with E-state index in [1.165, 1.54) is 24.3 Å². The molecule has 2 saturated carbocycles. The third-order valence-electron chi connectivity index (χ3n) is 14.1. The SMILES string of the molecule is Cc1ccc(C2=N[C@@H](NC(=O)[C@H](CCC(F)(F)F)[C@H](CC3CC3)C(=O)O)C(=O)Cc3c(F)cccc32)cc1.Cc1ccc(C2=N[C@H](NC(=O)[C@H](CCC(F)(F)F)[C@H](CC3CC3)C(=O)O)C(=O)Cc3c(F)cccc32)cc1. The molecule has 20 heteroatoms. The van der Waals surface area contributed by atoms with Gasteiger partial charge in [-0.3, -0.25) is 38.8 Å². The number of aliphatic carboxylic acids is 2. The number of carbonyl (C=O) groups excluding carboxylic acids is 4. The number of benzene rings is 4. The average Bonchev–Trinajstić information content (AvgIpc) is 4.29. The van der Waals surface area contributed by atoms with E-state index in [1.54, 1.807) is 60.7 Å². The molecule has 4 aliphatic rings. The fourth-order valence-corrected chi connectivity index (χ4v) is 9.56. The molecular weight excluding hydrogens is 1010 g/mol. The summed E-state index contributed by atoms with van der Waals surface area (Å²) in [5, 5.41) is 24.4. The number of hydrogen-bond acceptors (Lipinski definition) is 8. The van der Waals surface area contributed by atoms with Crippen LogP contribution >= 0.6 is 0 Å². The van der Waals surface area contributed by atoms with Crippen LogP contribution in [0.2, 0.25) is 0 Å². The number of aliphatic imine (C=N–C) groups is 2. The van der Waals surface area contributed by atoms with Crippen molar-refractivity contribution >= 4 is 46.7 Å². The minimum Gasteiger partial charge on any atom is -0.481 e. The van der Waals surface area contributed by atoms with Gasteiger partial charge in [-0.1, -0.05) is 110 Å². The van der Waals surface area contributed by atoms with Crippen LogP contribution in [0.4, 0.5) is 35.1 Å². The molecule has 2 heterocycles. The summed E-state index contributed by atoms with van der Waals surface area (Å²) in [6.07, 6.45) is -14.0. The van der Waals surface area contributed by atoms with Crippen molar-refractivity contribution < 1.29 is 74.1 Å². The lowest BCUT2D eigenvalue weighted by Crippen LogP contribution is -2.46. The summed E-state index contributed by atoms with van der Waals surface area (Å²) in [5.74, 6) is -12.9. The highest BCUT2D eigenvalue weighted by molar-refractivity contribution is 6.17. The number of Topliss-reactive ketones (excluding diaryl/α,β-unsaturated/α-hetero) is 2. The van der Waals surface area contributed by atoms with E-state index in [0.29, 0.717) is 22.3 Å². The molecule has 0 unspecified atom stereocenters. The van der Waals surface area contributed by atoms with Crippen LogP contribution in [0.15, 0.2) is 94.9 Å². The first-order valence-electron chi connectivity index (χ1n) is 25.0. The number of fused-ring (bicyclic) bond motifs is 2. The maximum Gasteiger partial charge on any atom is 0.389 e. The molecule has 0 aromatic heterocycles. The highest BCUT2D eigenvalue weighted by atomic mass is 19.4. The molecular formula is C56H56F8N4O8. The Morgan fingerprint density at radius 2 is 0.895 bits per heavy atom. The van der Waals surface area contributed by atoms with Gasteiger partial charge in [-0.15, -0.1) is 0 Å². The standard InChI is InChI=1S/2C28H28F4N2O4/c2*1-15-5-9-17(10-6-15)24-18-3-2-4-22(29)20(18)14-23(35)25(33-24)34-26(36)19(11-12-28(30,31)32)21(27(37)38)13-16-7-8-16/h2*2-6,9-10,16,19,21,25H,7-8,11-14H2,1H3,(H,34,36)(H,37,38)/t19-,21+,25+;19-,21+,25-/m11/s1. The van der Waals surface area contributed by atoms with Gasteiger partial charge in [0.2, 0.25) is 11.8 Å². The van der Waals surface area contributed by atoms with E-state index in [2.05, 4.69) is 20.6 Å². The number of amides is 2. The van der Waals surface area contributed by atoms with Crippen LogP contribution in [0, 0.1) is 61.0 Å². The predicted octanol–water partition coefficient (Wildman–Crippen LogP) is 10.00. The van der Waals surface area contributed by atoms with Gasteiger partial charge < -0.3 is 20.8 Å². The van der Waals surface area contributed by atoms with Crippen molar-refractivity contribution in [2.24, 2.45) is 45.5 Å². The molecule has 2 amide bonds. The summed E-state index contributed by atoms with van der Waals surface area (Å²) in [6.45, 7) is 3.75. The summed E-state index contributed by atoms with van der Waals surface area (Å²) < 4.78 is 108. The molecule has 76 heavy (non-hydrogen) atoms. The normalized spacial score (nSPS) is 19.1. The maximum absolute atomic E-state index is 14.8. The molecule has 2 aliphatic carbocycles. The van der Waals surface area contributed by atoms with Crippen LogP contribution in [0.5, 0.6) is 0 Å². The molecule has 12 nitrogen and oxygen atoms in total. The first-order valence-corrected chi connectivity index (χ1v) is 25.0. The minimum atomic E-state index is -4.59. The second-order valence-electron chi connectivity index (χ2n) is 20.1. The molecule has 8 rings (SSSR count). The number of nitrogens with zero attached hydrogens (tertiary/aromatic N) is 2. The summed E-state index contributed by atoms with van der Waals surface area (Å²) in [7, 11) is 0. The van der Waals surface area contributed by atoms with Crippen molar-refractivity contribution in [3.8, 4) is 0 Å². The molecule has 0 bridgehead atoms. The lowest BCUT2D eigenvalue weighted by atomic mass is 9.83. The predicted molar refractivity (Wildman–Crippen MR) is 262 cm³/mol. The molecule has 0 radical (unpaired) electrons. The molecule has 0 saturated heterocycles. The Bertz CT molecular complexity index is 2700. The number of carbonyl (C=O) groups is 6. The van der Waals surface area contributed by atoms with Crippen molar-refractivity contribution in [3.05, 3.63) is 141 Å². The van der Waals surface area contributed by atoms with Crippen LogP contribution in [0.1, 0.15) is 109 Å². The van der Waals surface area contributed by atoms with Crippen molar-refractivity contribution in [2.75, 3.05) is 0 Å². The van der Waals surface area contributed by atoms with Crippen LogP contribution in [-0.4, -0.2) is 81.6 Å². The molecule has 2 fully saturated rings. The summed E-state index contributed by atoms with van der Waals surface area (Å²) in [5.41, 5.74) is 4.43. The number of nitrogens with one attached hydrogen (secondary N) is 2. The van der Waals surface area contributed by atoms with Crippen molar-refractivity contribution in [3.63, 3.8) is 0 Å². The van der Waals surface area contributed by atoms with E-state index in [4.69, 9.17) is 0 Å². The van der Waals surface area contributed by atoms with E-state index in [1.807, 2.05) is 13.8 Å². The number of alkyl halides is 6. The first kappa shape index (κ1) is 56.6. The Kier molecular flexibility index (Phi) is 17.7. The van der Waals surface area contributed by atoms with Gasteiger partial charge in [0, 0.05) is 59.1 Å². The zero-order chi connectivity index (χ0) is 55.2. The largest absolute Gasteiger partial charge is 0.481 e. The first-order chi connectivity index (χ1) is 35.8. The number of rotatable bonds is 18. The Hall–Kier alpha value is -7.12. The lowest BCUT2D eigenvalue weighted by Gasteiger charge is -2.25. The molecule has 404 valence electrons. The molecule has 4 N–H and O–H groups in total. The zero-order valence-electron chi connectivity index (χ0n) is 41.4. The molecule has 4 aromatic carbocycles. The number of ketones is 2. The van der Waals surface area contributed by atoms with Crippen molar-refractivity contribution in [1.29, 1.82) is 0 Å². The van der Waals surface area contributed by atoms with Gasteiger partial charge in [0.25, 0.3) is 0 Å². The Morgan fingerprint density at radius 3 is 1.20 bits per heavy atom. The quantitative estimate of drug-likeness (QED) is 0.0708. The van der Waals surface area contributed by atoms with Crippen LogP contribution in [-0.2, 0) is 41.6 Å². The summed E-state index contributed by atoms with van der Waals surface area (Å²) >= 11 is 0. The fraction of sp³-hybridized carbons (Fsp3) is 0.429. The zero-order valence-corrected chi connectivity index (χ0v) is 41.4. The van der Waals surface area contributed by atoms with Gasteiger partial charge >= 0.3 is 24.3 Å². The number of aryl methyl sites for hydroxylation is 2. The molecule has 4 aromatic rings. The maximum atomic E-state index is 14.8. The number of carboxylic acid groups (broad SMARTS) is 2. The monoisotopic (exact) mass is 1060 g/mol. The van der Waals surface area contributed by atoms with E-state index in [-0.39, 0.29) is 47.2 Å². The third kappa shape index (κ3) is 15.0. The topological polar surface area (TPSA) is 192 Å². The van der Waals surface area contributed by atoms with Gasteiger partial charge in [0.05, 0.1) is 35.1 Å². The second-order valence-corrected chi connectivity index (χ2v) is 20.1. The van der Waals surface area contributed by atoms with E-state index >= 15 is 0 Å². The molecule has 2 aliphatic heterocycles. The molecule has 6 atom stereocenters. The third-order valence-corrected chi connectivity index (χ3v) is 14.1. The van der Waals surface area contributed by atoms with E-state index < -0.39 is 134 Å². The second kappa shape index (κ2) is 23.8. The van der Waals surface area contributed by atoms with Crippen LogP contribution in [0.25, 0.3) is 0 Å². The Morgan fingerprint density at radius 1 is 0.553 bits per heavy atom. The van der Waals surface area contributed by atoms with Gasteiger partial charge in [-0.25, -0.2) is 8.78 Å².